The summed E-state index contributed by atoms with van der Waals surface area (Å²) in [6.07, 6.45) is 2.55. The van der Waals surface area contributed by atoms with Gasteiger partial charge in [0.15, 0.2) is 5.69 Å². The standard InChI is InChI=1S/C15H17N3O3/c1-10-4-3-5-12(6-10)21-11(2)7-17-14-9-16-13(8-18-14)15(19)20/h3-6,8-9,11H,7H2,1-2H3,(H,17,18)(H,19,20). The second-order valence-electron chi connectivity index (χ2n) is 4.72. The Hall–Kier alpha value is -2.63. The summed E-state index contributed by atoms with van der Waals surface area (Å²) < 4.78 is 5.77. The SMILES string of the molecule is Cc1cccc(OC(C)CNc2cnc(C(=O)O)cn2)c1. The number of hydrogen-bond acceptors (Lipinski definition) is 5. The van der Waals surface area contributed by atoms with Crippen molar-refractivity contribution in [2.24, 2.45) is 0 Å². The molecule has 0 spiro atoms. The van der Waals surface area contributed by atoms with Crippen LogP contribution in [0, 0.1) is 6.92 Å². The van der Waals surface area contributed by atoms with Crippen molar-refractivity contribution < 1.29 is 14.6 Å². The first-order valence-electron chi connectivity index (χ1n) is 6.57. The van der Waals surface area contributed by atoms with Crippen molar-refractivity contribution in [1.82, 2.24) is 9.97 Å². The molecule has 0 fully saturated rings. The Morgan fingerprint density at radius 3 is 2.81 bits per heavy atom. The number of rotatable bonds is 6. The first-order valence-corrected chi connectivity index (χ1v) is 6.57. The van der Waals surface area contributed by atoms with Crippen LogP contribution in [0.1, 0.15) is 23.0 Å². The largest absolute Gasteiger partial charge is 0.489 e. The van der Waals surface area contributed by atoms with Gasteiger partial charge in [0.25, 0.3) is 0 Å². The van der Waals surface area contributed by atoms with Crippen LogP contribution in [0.3, 0.4) is 0 Å². The summed E-state index contributed by atoms with van der Waals surface area (Å²) in [6.45, 7) is 4.48. The van der Waals surface area contributed by atoms with Crippen molar-refractivity contribution >= 4 is 11.8 Å². The van der Waals surface area contributed by atoms with Crippen LogP contribution in [-0.2, 0) is 0 Å². The smallest absolute Gasteiger partial charge is 0.356 e. The molecule has 2 N–H and O–H groups in total. The highest BCUT2D eigenvalue weighted by Crippen LogP contribution is 2.14. The van der Waals surface area contributed by atoms with E-state index in [1.807, 2.05) is 38.1 Å². The fraction of sp³-hybridized carbons (Fsp3) is 0.267. The molecule has 110 valence electrons. The second-order valence-corrected chi connectivity index (χ2v) is 4.72. The number of hydrogen-bond donors (Lipinski definition) is 2. The Bertz CT molecular complexity index is 614. The first-order chi connectivity index (χ1) is 10.0. The molecular formula is C15H17N3O3. The molecule has 1 aromatic heterocycles. The predicted molar refractivity (Wildman–Crippen MR) is 78.8 cm³/mol. The fourth-order valence-electron chi connectivity index (χ4n) is 1.74. The molecule has 1 unspecified atom stereocenters. The van der Waals surface area contributed by atoms with E-state index in [9.17, 15) is 4.79 Å². The van der Waals surface area contributed by atoms with Gasteiger partial charge in [0.05, 0.1) is 18.9 Å². The molecule has 0 aliphatic rings. The van der Waals surface area contributed by atoms with E-state index in [4.69, 9.17) is 9.84 Å². The zero-order valence-electron chi connectivity index (χ0n) is 11.9. The summed E-state index contributed by atoms with van der Waals surface area (Å²) >= 11 is 0. The van der Waals surface area contributed by atoms with E-state index in [0.29, 0.717) is 12.4 Å². The van der Waals surface area contributed by atoms with Gasteiger partial charge in [-0.15, -0.1) is 0 Å². The Kier molecular flexibility index (Phi) is 4.71. The minimum Gasteiger partial charge on any atom is -0.489 e. The summed E-state index contributed by atoms with van der Waals surface area (Å²) in [5.41, 5.74) is 1.06. The molecule has 0 radical (unpaired) electrons. The Morgan fingerprint density at radius 1 is 1.38 bits per heavy atom. The molecule has 6 heteroatoms. The quantitative estimate of drug-likeness (QED) is 0.848. The number of nitrogens with one attached hydrogen (secondary N) is 1. The van der Waals surface area contributed by atoms with Gasteiger partial charge in [0.1, 0.15) is 17.7 Å². The van der Waals surface area contributed by atoms with Crippen LogP contribution < -0.4 is 10.1 Å². The first kappa shape index (κ1) is 14.8. The average Bonchev–Trinajstić information content (AvgIpc) is 2.45. The molecule has 0 aliphatic carbocycles. The van der Waals surface area contributed by atoms with Crippen LogP contribution in [0.2, 0.25) is 0 Å². The summed E-state index contributed by atoms with van der Waals surface area (Å²) in [5, 5.41) is 11.8. The summed E-state index contributed by atoms with van der Waals surface area (Å²) in [6, 6.07) is 7.83. The second kappa shape index (κ2) is 6.69. The maximum absolute atomic E-state index is 10.7. The van der Waals surface area contributed by atoms with Gasteiger partial charge in [-0.3, -0.25) is 0 Å². The van der Waals surface area contributed by atoms with Gasteiger partial charge in [-0.1, -0.05) is 12.1 Å². The number of aromatic nitrogens is 2. The summed E-state index contributed by atoms with van der Waals surface area (Å²) in [7, 11) is 0. The summed E-state index contributed by atoms with van der Waals surface area (Å²) in [4.78, 5) is 18.4. The highest BCUT2D eigenvalue weighted by atomic mass is 16.5. The third kappa shape index (κ3) is 4.45. The molecule has 0 saturated carbocycles. The summed E-state index contributed by atoms with van der Waals surface area (Å²) in [5.74, 6) is 0.238. The van der Waals surface area contributed by atoms with Crippen LogP contribution in [0.4, 0.5) is 5.82 Å². The van der Waals surface area contributed by atoms with Crippen molar-refractivity contribution in [2.75, 3.05) is 11.9 Å². The zero-order valence-corrected chi connectivity index (χ0v) is 11.9. The molecule has 0 aliphatic heterocycles. The monoisotopic (exact) mass is 287 g/mol. The van der Waals surface area contributed by atoms with Crippen molar-refractivity contribution in [1.29, 1.82) is 0 Å². The van der Waals surface area contributed by atoms with E-state index in [2.05, 4.69) is 15.3 Å². The Labute approximate surface area is 122 Å². The number of aromatic carboxylic acids is 1. The number of aryl methyl sites for hydroxylation is 1. The third-order valence-electron chi connectivity index (χ3n) is 2.77. The van der Waals surface area contributed by atoms with Crippen molar-refractivity contribution in [3.8, 4) is 5.75 Å². The van der Waals surface area contributed by atoms with Gasteiger partial charge >= 0.3 is 5.97 Å². The fourth-order valence-corrected chi connectivity index (χ4v) is 1.74. The normalized spacial score (nSPS) is 11.7. The molecular weight excluding hydrogens is 270 g/mol. The third-order valence-corrected chi connectivity index (χ3v) is 2.77. The van der Waals surface area contributed by atoms with Gasteiger partial charge in [-0.2, -0.15) is 0 Å². The van der Waals surface area contributed by atoms with E-state index < -0.39 is 5.97 Å². The molecule has 21 heavy (non-hydrogen) atoms. The maximum Gasteiger partial charge on any atom is 0.356 e. The lowest BCUT2D eigenvalue weighted by atomic mass is 10.2. The van der Waals surface area contributed by atoms with Gasteiger partial charge in [-0.25, -0.2) is 14.8 Å². The highest BCUT2D eigenvalue weighted by Gasteiger charge is 2.07. The minimum atomic E-state index is -1.09. The van der Waals surface area contributed by atoms with E-state index in [-0.39, 0.29) is 11.8 Å². The topological polar surface area (TPSA) is 84.3 Å². The molecule has 1 atom stereocenters. The molecule has 1 aromatic carbocycles. The van der Waals surface area contributed by atoms with Crippen LogP contribution in [0.5, 0.6) is 5.75 Å². The number of ether oxygens (including phenoxy) is 1. The van der Waals surface area contributed by atoms with Gasteiger partial charge in [-0.05, 0) is 31.5 Å². The van der Waals surface area contributed by atoms with E-state index in [0.717, 1.165) is 11.3 Å². The average molecular weight is 287 g/mol. The zero-order chi connectivity index (χ0) is 15.2. The van der Waals surface area contributed by atoms with Crippen LogP contribution in [0.25, 0.3) is 0 Å². The van der Waals surface area contributed by atoms with E-state index in [1.165, 1.54) is 12.4 Å². The van der Waals surface area contributed by atoms with Crippen molar-refractivity contribution in [3.63, 3.8) is 0 Å². The Balaban J connectivity index is 1.86. The van der Waals surface area contributed by atoms with Crippen molar-refractivity contribution in [3.05, 3.63) is 47.9 Å². The van der Waals surface area contributed by atoms with Gasteiger partial charge in [0.2, 0.25) is 0 Å². The lowest BCUT2D eigenvalue weighted by molar-refractivity contribution is 0.0690. The lowest BCUT2D eigenvalue weighted by Gasteiger charge is -2.16. The number of carboxylic acids is 1. The lowest BCUT2D eigenvalue weighted by Crippen LogP contribution is -2.23. The number of carboxylic acid groups (broad SMARTS) is 1. The molecule has 0 amide bonds. The van der Waals surface area contributed by atoms with Gasteiger partial charge in [0, 0.05) is 0 Å². The maximum atomic E-state index is 10.7. The van der Waals surface area contributed by atoms with Crippen molar-refractivity contribution in [2.45, 2.75) is 20.0 Å². The highest BCUT2D eigenvalue weighted by molar-refractivity contribution is 5.84. The molecule has 1 heterocycles. The van der Waals surface area contributed by atoms with Gasteiger partial charge < -0.3 is 15.2 Å². The number of benzene rings is 1. The molecule has 0 saturated heterocycles. The molecule has 0 bridgehead atoms. The van der Waals surface area contributed by atoms with Crippen LogP contribution in [0.15, 0.2) is 36.7 Å². The predicted octanol–water partition coefficient (Wildman–Crippen LogP) is 2.36. The Morgan fingerprint density at radius 2 is 2.19 bits per heavy atom. The number of nitrogens with zero attached hydrogens (tertiary/aromatic N) is 2. The minimum absolute atomic E-state index is 0.0623. The van der Waals surface area contributed by atoms with Crippen LogP contribution >= 0.6 is 0 Å². The molecule has 2 aromatic rings. The van der Waals surface area contributed by atoms with Crippen LogP contribution in [-0.4, -0.2) is 33.7 Å². The van der Waals surface area contributed by atoms with E-state index in [1.54, 1.807) is 0 Å². The number of carbonyl (C=O) groups is 1. The molecule has 6 nitrogen and oxygen atoms in total. The molecule has 2 rings (SSSR count). The van der Waals surface area contributed by atoms with E-state index >= 15 is 0 Å². The number of anilines is 1.